The molecule has 2 aromatic carbocycles. The molecule has 2 rings (SSSR count). The zero-order chi connectivity index (χ0) is 20.7. The molecule has 150 valence electrons. The number of esters is 1. The Morgan fingerprint density at radius 3 is 2.43 bits per heavy atom. The van der Waals surface area contributed by atoms with Crippen LogP contribution in [0, 0.1) is 5.82 Å². The number of hydrogen-bond acceptors (Lipinski definition) is 6. The van der Waals surface area contributed by atoms with Crippen molar-refractivity contribution >= 4 is 21.9 Å². The molecular formula is C18H19FN2O6S. The predicted octanol–water partition coefficient (Wildman–Crippen LogP) is 0.997. The molecule has 8 nitrogen and oxygen atoms in total. The number of nitrogens with one attached hydrogen (secondary N) is 1. The van der Waals surface area contributed by atoms with Crippen LogP contribution in [-0.4, -0.2) is 40.6 Å². The zero-order valence-electron chi connectivity index (χ0n) is 15.0. The lowest BCUT2D eigenvalue weighted by molar-refractivity contribution is -0.124. The number of hydrogen-bond donors (Lipinski definition) is 2. The third-order valence-electron chi connectivity index (χ3n) is 3.72. The van der Waals surface area contributed by atoms with Gasteiger partial charge >= 0.3 is 5.97 Å². The number of ether oxygens (including phenoxy) is 2. The second-order valence-corrected chi connectivity index (χ2v) is 7.27. The van der Waals surface area contributed by atoms with Crippen LogP contribution in [0.3, 0.4) is 0 Å². The van der Waals surface area contributed by atoms with Gasteiger partial charge in [-0.2, -0.15) is 0 Å². The van der Waals surface area contributed by atoms with Gasteiger partial charge < -0.3 is 14.8 Å². The van der Waals surface area contributed by atoms with Crippen molar-refractivity contribution in [3.8, 4) is 5.75 Å². The van der Waals surface area contributed by atoms with E-state index in [2.05, 4.69) is 5.32 Å². The molecule has 0 heterocycles. The summed E-state index contributed by atoms with van der Waals surface area (Å²) in [6.45, 7) is -0.335. The van der Waals surface area contributed by atoms with Crippen LogP contribution in [0.25, 0.3) is 0 Å². The number of benzene rings is 2. The average Bonchev–Trinajstić information content (AvgIpc) is 2.66. The minimum absolute atomic E-state index is 0.304. The molecular weight excluding hydrogens is 391 g/mol. The first-order valence-corrected chi connectivity index (χ1v) is 9.64. The molecule has 0 spiro atoms. The highest BCUT2D eigenvalue weighted by Crippen LogP contribution is 2.15. The summed E-state index contributed by atoms with van der Waals surface area (Å²) < 4.78 is 46.1. The van der Waals surface area contributed by atoms with Crippen molar-refractivity contribution in [3.63, 3.8) is 0 Å². The fourth-order valence-electron chi connectivity index (χ4n) is 2.24. The Morgan fingerprint density at radius 1 is 1.14 bits per heavy atom. The van der Waals surface area contributed by atoms with Crippen molar-refractivity contribution in [1.29, 1.82) is 0 Å². The Kier molecular flexibility index (Phi) is 7.07. The molecule has 0 fully saturated rings. The Morgan fingerprint density at radius 2 is 1.82 bits per heavy atom. The topological polar surface area (TPSA) is 125 Å². The maximum absolute atomic E-state index is 13.7. The van der Waals surface area contributed by atoms with Crippen molar-refractivity contribution in [3.05, 3.63) is 59.4 Å². The summed E-state index contributed by atoms with van der Waals surface area (Å²) in [4.78, 5) is 23.2. The number of halogens is 1. The standard InChI is InChI=1S/C18H19FN2O6S/c1-26-13-4-2-12(3-5-13)8-9-21-17(22)11-27-18(23)15-10-14(28(20,24)25)6-7-16(15)19/h2-7,10H,8-9,11H2,1H3,(H,21,22)(H2,20,24,25). The van der Waals surface area contributed by atoms with Crippen LogP contribution in [0.15, 0.2) is 47.4 Å². The summed E-state index contributed by atoms with van der Waals surface area (Å²) in [5.74, 6) is -2.02. The normalized spacial score (nSPS) is 11.0. The molecule has 0 aliphatic rings. The van der Waals surface area contributed by atoms with E-state index in [9.17, 15) is 22.4 Å². The monoisotopic (exact) mass is 410 g/mol. The number of primary sulfonamides is 1. The molecule has 0 unspecified atom stereocenters. The van der Waals surface area contributed by atoms with Gasteiger partial charge in [0, 0.05) is 6.54 Å². The molecule has 0 atom stereocenters. The molecule has 0 aliphatic carbocycles. The van der Waals surface area contributed by atoms with Gasteiger partial charge in [-0.25, -0.2) is 22.7 Å². The SMILES string of the molecule is COc1ccc(CCNC(=O)COC(=O)c2cc(S(N)(=O)=O)ccc2F)cc1. The van der Waals surface area contributed by atoms with Crippen molar-refractivity contribution in [1.82, 2.24) is 5.32 Å². The van der Waals surface area contributed by atoms with E-state index < -0.39 is 44.8 Å². The van der Waals surface area contributed by atoms with Gasteiger partial charge in [-0.15, -0.1) is 0 Å². The Bertz CT molecular complexity index is 961. The molecule has 0 saturated heterocycles. The molecule has 0 bridgehead atoms. The van der Waals surface area contributed by atoms with Crippen LogP contribution in [0.2, 0.25) is 0 Å². The first kappa shape index (κ1) is 21.3. The number of sulfonamides is 1. The largest absolute Gasteiger partial charge is 0.497 e. The predicted molar refractivity (Wildman–Crippen MR) is 97.8 cm³/mol. The fraction of sp³-hybridized carbons (Fsp3) is 0.222. The van der Waals surface area contributed by atoms with Gasteiger partial charge in [0.25, 0.3) is 5.91 Å². The van der Waals surface area contributed by atoms with E-state index in [1.165, 1.54) is 0 Å². The highest BCUT2D eigenvalue weighted by Gasteiger charge is 2.18. The molecule has 0 radical (unpaired) electrons. The van der Waals surface area contributed by atoms with Gasteiger partial charge in [-0.1, -0.05) is 12.1 Å². The van der Waals surface area contributed by atoms with E-state index in [1.54, 1.807) is 19.2 Å². The van der Waals surface area contributed by atoms with Gasteiger partial charge in [0.05, 0.1) is 17.6 Å². The van der Waals surface area contributed by atoms with Gasteiger partial charge in [-0.3, -0.25) is 4.79 Å². The summed E-state index contributed by atoms with van der Waals surface area (Å²) in [6.07, 6.45) is 0.550. The zero-order valence-corrected chi connectivity index (χ0v) is 15.8. The van der Waals surface area contributed by atoms with Gasteiger partial charge in [0.15, 0.2) is 6.61 Å². The lowest BCUT2D eigenvalue weighted by atomic mass is 10.1. The smallest absolute Gasteiger partial charge is 0.341 e. The first-order chi connectivity index (χ1) is 13.2. The molecule has 10 heteroatoms. The van der Waals surface area contributed by atoms with Crippen molar-refractivity contribution < 1.29 is 31.9 Å². The number of nitrogens with two attached hydrogens (primary N) is 1. The quantitative estimate of drug-likeness (QED) is 0.626. The van der Waals surface area contributed by atoms with E-state index in [0.717, 1.165) is 29.5 Å². The van der Waals surface area contributed by atoms with Gasteiger partial charge in [-0.05, 0) is 42.3 Å². The maximum atomic E-state index is 13.7. The van der Waals surface area contributed by atoms with E-state index >= 15 is 0 Å². The number of carbonyl (C=O) groups excluding carboxylic acids is 2. The minimum Gasteiger partial charge on any atom is -0.497 e. The fourth-order valence-corrected chi connectivity index (χ4v) is 2.78. The van der Waals surface area contributed by atoms with E-state index in [0.29, 0.717) is 13.0 Å². The van der Waals surface area contributed by atoms with Crippen LogP contribution in [-0.2, 0) is 26.0 Å². The van der Waals surface area contributed by atoms with Crippen molar-refractivity contribution in [2.75, 3.05) is 20.3 Å². The highest BCUT2D eigenvalue weighted by molar-refractivity contribution is 7.89. The van der Waals surface area contributed by atoms with Crippen LogP contribution < -0.4 is 15.2 Å². The minimum atomic E-state index is -4.11. The number of methoxy groups -OCH3 is 1. The molecule has 1 amide bonds. The lowest BCUT2D eigenvalue weighted by Gasteiger charge is -2.08. The van der Waals surface area contributed by atoms with Crippen molar-refractivity contribution in [2.24, 2.45) is 5.14 Å². The maximum Gasteiger partial charge on any atom is 0.341 e. The summed E-state index contributed by atoms with van der Waals surface area (Å²) in [5.41, 5.74) is 0.345. The molecule has 28 heavy (non-hydrogen) atoms. The summed E-state index contributed by atoms with van der Waals surface area (Å²) >= 11 is 0. The van der Waals surface area contributed by atoms with Crippen LogP contribution in [0.5, 0.6) is 5.75 Å². The molecule has 0 saturated carbocycles. The number of amides is 1. The second kappa shape index (κ2) is 9.29. The third-order valence-corrected chi connectivity index (χ3v) is 4.63. The molecule has 0 aromatic heterocycles. The van der Waals surface area contributed by atoms with E-state index in [-0.39, 0.29) is 0 Å². The molecule has 2 aromatic rings. The molecule has 0 aliphatic heterocycles. The Labute approximate surface area is 161 Å². The first-order valence-electron chi connectivity index (χ1n) is 8.10. The van der Waals surface area contributed by atoms with Gasteiger partial charge in [0.1, 0.15) is 11.6 Å². The van der Waals surface area contributed by atoms with E-state index in [1.807, 2.05) is 12.1 Å². The molecule has 3 N–H and O–H groups in total. The van der Waals surface area contributed by atoms with Crippen LogP contribution in [0.4, 0.5) is 4.39 Å². The summed E-state index contributed by atoms with van der Waals surface area (Å²) in [7, 11) is -2.55. The van der Waals surface area contributed by atoms with Crippen molar-refractivity contribution in [2.45, 2.75) is 11.3 Å². The van der Waals surface area contributed by atoms with Crippen LogP contribution >= 0.6 is 0 Å². The number of carbonyl (C=O) groups is 2. The average molecular weight is 410 g/mol. The van der Waals surface area contributed by atoms with E-state index in [4.69, 9.17) is 14.6 Å². The second-order valence-electron chi connectivity index (χ2n) is 5.71. The lowest BCUT2D eigenvalue weighted by Crippen LogP contribution is -2.30. The Balaban J connectivity index is 1.84. The van der Waals surface area contributed by atoms with Gasteiger partial charge in [0.2, 0.25) is 10.0 Å². The highest BCUT2D eigenvalue weighted by atomic mass is 32.2. The number of rotatable bonds is 8. The third kappa shape index (κ3) is 6.03. The van der Waals surface area contributed by atoms with Crippen LogP contribution in [0.1, 0.15) is 15.9 Å². The summed E-state index contributed by atoms with van der Waals surface area (Å²) in [5, 5.41) is 7.50. The Hall–Kier alpha value is -2.98. The summed E-state index contributed by atoms with van der Waals surface area (Å²) in [6, 6.07) is 9.76.